The second kappa shape index (κ2) is 7.07. The van der Waals surface area contributed by atoms with E-state index >= 15 is 0 Å². The van der Waals surface area contributed by atoms with Gasteiger partial charge in [0.05, 0.1) is 22.2 Å². The molecule has 3 nitrogen and oxygen atoms in total. The summed E-state index contributed by atoms with van der Waals surface area (Å²) in [5, 5.41) is 0.969. The lowest BCUT2D eigenvalue weighted by atomic mass is 10.2. The Labute approximate surface area is 137 Å². The van der Waals surface area contributed by atoms with Gasteiger partial charge in [0.2, 0.25) is 0 Å². The standard InChI is InChI=1S/C15H13Cl2NO2S/c1-2-20-15(19)9-3-6-13(18)14(7-9)21-10-4-5-11(16)12(17)8-10/h3-8H,2,18H2,1H3. The van der Waals surface area contributed by atoms with Crippen LogP contribution in [0.15, 0.2) is 46.2 Å². The van der Waals surface area contributed by atoms with Gasteiger partial charge in [-0.05, 0) is 43.3 Å². The molecule has 0 heterocycles. The van der Waals surface area contributed by atoms with Crippen LogP contribution in [-0.4, -0.2) is 12.6 Å². The Balaban J connectivity index is 2.28. The van der Waals surface area contributed by atoms with Crippen LogP contribution in [0.25, 0.3) is 0 Å². The lowest BCUT2D eigenvalue weighted by molar-refractivity contribution is 0.0526. The number of halogens is 2. The molecule has 2 aromatic rings. The molecule has 2 aromatic carbocycles. The molecule has 0 saturated heterocycles. The van der Waals surface area contributed by atoms with Crippen LogP contribution in [0.2, 0.25) is 10.0 Å². The smallest absolute Gasteiger partial charge is 0.338 e. The number of nitrogens with two attached hydrogens (primary N) is 1. The molecule has 0 aliphatic heterocycles. The molecule has 0 unspecified atom stereocenters. The highest BCUT2D eigenvalue weighted by atomic mass is 35.5. The number of ether oxygens (including phenoxy) is 1. The van der Waals surface area contributed by atoms with Crippen LogP contribution in [0.5, 0.6) is 0 Å². The van der Waals surface area contributed by atoms with Crippen LogP contribution in [0.3, 0.4) is 0 Å². The van der Waals surface area contributed by atoms with Crippen molar-refractivity contribution >= 4 is 46.6 Å². The monoisotopic (exact) mass is 341 g/mol. The highest BCUT2D eigenvalue weighted by Crippen LogP contribution is 2.35. The molecule has 0 aromatic heterocycles. The fourth-order valence-corrected chi connectivity index (χ4v) is 2.93. The minimum absolute atomic E-state index is 0.332. The minimum Gasteiger partial charge on any atom is -0.462 e. The topological polar surface area (TPSA) is 52.3 Å². The molecule has 2 N–H and O–H groups in total. The fourth-order valence-electron chi connectivity index (χ4n) is 1.63. The van der Waals surface area contributed by atoms with E-state index in [1.807, 2.05) is 6.07 Å². The van der Waals surface area contributed by atoms with E-state index in [9.17, 15) is 4.79 Å². The Morgan fingerprint density at radius 1 is 1.19 bits per heavy atom. The first kappa shape index (κ1) is 16.0. The maximum Gasteiger partial charge on any atom is 0.338 e. The Hall–Kier alpha value is -1.36. The third-order valence-electron chi connectivity index (χ3n) is 2.64. The van der Waals surface area contributed by atoms with Crippen molar-refractivity contribution in [3.63, 3.8) is 0 Å². The van der Waals surface area contributed by atoms with Crippen molar-refractivity contribution in [2.75, 3.05) is 12.3 Å². The Morgan fingerprint density at radius 2 is 1.95 bits per heavy atom. The van der Waals surface area contributed by atoms with Crippen molar-refractivity contribution in [2.45, 2.75) is 16.7 Å². The largest absolute Gasteiger partial charge is 0.462 e. The van der Waals surface area contributed by atoms with Crippen molar-refractivity contribution in [3.05, 3.63) is 52.0 Å². The van der Waals surface area contributed by atoms with Gasteiger partial charge in [0, 0.05) is 15.5 Å². The zero-order chi connectivity index (χ0) is 15.4. The summed E-state index contributed by atoms with van der Waals surface area (Å²) in [4.78, 5) is 13.4. The summed E-state index contributed by atoms with van der Waals surface area (Å²) in [5.74, 6) is -0.367. The van der Waals surface area contributed by atoms with E-state index in [0.717, 1.165) is 9.79 Å². The summed E-state index contributed by atoms with van der Waals surface area (Å²) >= 11 is 13.3. The number of rotatable bonds is 4. The highest BCUT2D eigenvalue weighted by Gasteiger charge is 2.11. The third-order valence-corrected chi connectivity index (χ3v) is 4.45. The molecule has 21 heavy (non-hydrogen) atoms. The Bertz CT molecular complexity index is 677. The van der Waals surface area contributed by atoms with Gasteiger partial charge < -0.3 is 10.5 Å². The molecule has 0 spiro atoms. The van der Waals surface area contributed by atoms with Crippen LogP contribution in [-0.2, 0) is 4.74 Å². The Morgan fingerprint density at radius 3 is 2.62 bits per heavy atom. The van der Waals surface area contributed by atoms with E-state index in [1.54, 1.807) is 37.3 Å². The molecule has 0 atom stereocenters. The molecule has 0 radical (unpaired) electrons. The van der Waals surface area contributed by atoms with Crippen molar-refractivity contribution in [1.82, 2.24) is 0 Å². The number of hydrogen-bond donors (Lipinski definition) is 1. The van der Waals surface area contributed by atoms with Gasteiger partial charge in [0.1, 0.15) is 0 Å². The van der Waals surface area contributed by atoms with Crippen molar-refractivity contribution in [1.29, 1.82) is 0 Å². The zero-order valence-electron chi connectivity index (χ0n) is 11.2. The molecule has 2 rings (SSSR count). The van der Waals surface area contributed by atoms with Gasteiger partial charge >= 0.3 is 5.97 Å². The van der Waals surface area contributed by atoms with Gasteiger partial charge in [-0.2, -0.15) is 0 Å². The first-order chi connectivity index (χ1) is 10.0. The maximum atomic E-state index is 11.7. The SMILES string of the molecule is CCOC(=O)c1ccc(N)c(Sc2ccc(Cl)c(Cl)c2)c1. The van der Waals surface area contributed by atoms with Crippen LogP contribution < -0.4 is 5.73 Å². The van der Waals surface area contributed by atoms with E-state index in [0.29, 0.717) is 27.9 Å². The maximum absolute atomic E-state index is 11.7. The second-order valence-electron chi connectivity index (χ2n) is 4.15. The molecule has 0 aliphatic carbocycles. The molecule has 110 valence electrons. The first-order valence-corrected chi connectivity index (χ1v) is 7.78. The van der Waals surface area contributed by atoms with Gasteiger partial charge in [0.25, 0.3) is 0 Å². The third kappa shape index (κ3) is 4.06. The molecule has 0 saturated carbocycles. The van der Waals surface area contributed by atoms with Crippen LogP contribution in [0.4, 0.5) is 5.69 Å². The lowest BCUT2D eigenvalue weighted by Crippen LogP contribution is -2.05. The number of anilines is 1. The van der Waals surface area contributed by atoms with E-state index in [4.69, 9.17) is 33.7 Å². The molecular weight excluding hydrogens is 329 g/mol. The number of nitrogen functional groups attached to an aromatic ring is 1. The first-order valence-electron chi connectivity index (χ1n) is 6.20. The zero-order valence-corrected chi connectivity index (χ0v) is 13.6. The number of carbonyl (C=O) groups excluding carboxylic acids is 1. The van der Waals surface area contributed by atoms with Crippen LogP contribution in [0, 0.1) is 0 Å². The average molecular weight is 342 g/mol. The van der Waals surface area contributed by atoms with Gasteiger partial charge in [-0.25, -0.2) is 4.79 Å². The van der Waals surface area contributed by atoms with E-state index in [-0.39, 0.29) is 5.97 Å². The predicted octanol–water partition coefficient (Wildman–Crippen LogP) is 4.90. The highest BCUT2D eigenvalue weighted by molar-refractivity contribution is 7.99. The minimum atomic E-state index is -0.367. The van der Waals surface area contributed by atoms with Crippen molar-refractivity contribution in [2.24, 2.45) is 0 Å². The summed E-state index contributed by atoms with van der Waals surface area (Å²) < 4.78 is 4.98. The average Bonchev–Trinajstić information content (AvgIpc) is 2.45. The van der Waals surface area contributed by atoms with E-state index in [2.05, 4.69) is 0 Å². The second-order valence-corrected chi connectivity index (χ2v) is 6.08. The van der Waals surface area contributed by atoms with Crippen molar-refractivity contribution in [3.8, 4) is 0 Å². The summed E-state index contributed by atoms with van der Waals surface area (Å²) in [5.41, 5.74) is 7.00. The summed E-state index contributed by atoms with van der Waals surface area (Å²) in [6, 6.07) is 10.4. The van der Waals surface area contributed by atoms with Crippen LogP contribution >= 0.6 is 35.0 Å². The van der Waals surface area contributed by atoms with Gasteiger partial charge in [-0.3, -0.25) is 0 Å². The Kier molecular flexibility index (Phi) is 5.39. The van der Waals surface area contributed by atoms with Gasteiger partial charge in [0.15, 0.2) is 0 Å². The van der Waals surface area contributed by atoms with Crippen LogP contribution in [0.1, 0.15) is 17.3 Å². The fraction of sp³-hybridized carbons (Fsp3) is 0.133. The van der Waals surface area contributed by atoms with E-state index in [1.165, 1.54) is 11.8 Å². The molecule has 0 aliphatic rings. The van der Waals surface area contributed by atoms with Gasteiger partial charge in [-0.15, -0.1) is 0 Å². The molecular formula is C15H13Cl2NO2S. The van der Waals surface area contributed by atoms with Gasteiger partial charge in [-0.1, -0.05) is 35.0 Å². The summed E-state index contributed by atoms with van der Waals surface area (Å²) in [6.45, 7) is 2.10. The molecule has 6 heteroatoms. The number of esters is 1. The lowest BCUT2D eigenvalue weighted by Gasteiger charge is -2.09. The number of hydrogen-bond acceptors (Lipinski definition) is 4. The predicted molar refractivity (Wildman–Crippen MR) is 87.4 cm³/mol. The summed E-state index contributed by atoms with van der Waals surface area (Å²) in [6.07, 6.45) is 0. The number of carbonyl (C=O) groups is 1. The molecule has 0 amide bonds. The van der Waals surface area contributed by atoms with E-state index < -0.39 is 0 Å². The normalized spacial score (nSPS) is 10.4. The summed E-state index contributed by atoms with van der Waals surface area (Å²) in [7, 11) is 0. The molecule has 0 bridgehead atoms. The molecule has 0 fully saturated rings. The quantitative estimate of drug-likeness (QED) is 0.634. The number of benzene rings is 2. The van der Waals surface area contributed by atoms with Crippen molar-refractivity contribution < 1.29 is 9.53 Å².